The summed E-state index contributed by atoms with van der Waals surface area (Å²) < 4.78 is 0. The van der Waals surface area contributed by atoms with Gasteiger partial charge in [0.15, 0.2) is 0 Å². The fraction of sp³-hybridized carbons (Fsp3) is 1.00. The molecule has 0 aromatic heterocycles. The Kier molecular flexibility index (Phi) is 7.13. The third-order valence-electron chi connectivity index (χ3n) is 7.04. The summed E-state index contributed by atoms with van der Waals surface area (Å²) in [6, 6.07) is 0. The van der Waals surface area contributed by atoms with Gasteiger partial charge in [0.1, 0.15) is 0 Å². The molecule has 0 aromatic rings. The molecule has 0 saturated heterocycles. The molecule has 0 heterocycles. The van der Waals surface area contributed by atoms with Crippen LogP contribution in [-0.2, 0) is 0 Å². The molecule has 3 heteroatoms. The molecule has 3 saturated carbocycles. The Morgan fingerprint density at radius 3 is 1.29 bits per heavy atom. The Hall–Kier alpha value is 0.651. The summed E-state index contributed by atoms with van der Waals surface area (Å²) in [5.41, 5.74) is 4.06. The minimum atomic E-state index is -0.184. The van der Waals surface area contributed by atoms with E-state index in [4.69, 9.17) is 0 Å². The van der Waals surface area contributed by atoms with Gasteiger partial charge in [-0.2, -0.15) is 0 Å². The van der Waals surface area contributed by atoms with E-state index < -0.39 is 0 Å². The maximum atomic E-state index is 1.70. The molecule has 21 heavy (non-hydrogen) atoms. The van der Waals surface area contributed by atoms with Crippen LogP contribution in [0.5, 0.6) is 0 Å². The monoisotopic (exact) mass is 338 g/mol. The minimum Gasteiger partial charge on any atom is -0.0539 e. The third kappa shape index (κ3) is 5.35. The van der Waals surface area contributed by atoms with Crippen molar-refractivity contribution in [2.75, 3.05) is 0 Å². The van der Waals surface area contributed by atoms with Crippen molar-refractivity contribution in [3.05, 3.63) is 0 Å². The van der Waals surface area contributed by atoms with Crippen LogP contribution < -0.4 is 0 Å². The first kappa shape index (κ1) is 16.5. The van der Waals surface area contributed by atoms with Crippen LogP contribution in [-0.4, -0.2) is 25.9 Å². The second-order valence-corrected chi connectivity index (χ2v) is 26.9. The molecule has 0 amide bonds. The van der Waals surface area contributed by atoms with E-state index in [2.05, 4.69) is 0 Å². The molecule has 0 nitrogen and oxygen atoms in total. The number of hydrogen-bond acceptors (Lipinski definition) is 0. The van der Waals surface area contributed by atoms with Gasteiger partial charge in [0.25, 0.3) is 0 Å². The summed E-state index contributed by atoms with van der Waals surface area (Å²) in [7, 11) is 0.597. The Bertz CT molecular complexity index is 256. The predicted molar refractivity (Wildman–Crippen MR) is 105 cm³/mol. The van der Waals surface area contributed by atoms with Crippen molar-refractivity contribution < 1.29 is 0 Å². The fourth-order valence-corrected chi connectivity index (χ4v) is 35.9. The molecule has 0 bridgehead atoms. The summed E-state index contributed by atoms with van der Waals surface area (Å²) in [5, 5.41) is 0. The standard InChI is InChI=1S/C18H38Si3/c1-4-10-16(11-5-1)19-21(18-14-8-3-9-15-18)20-17-12-6-2-7-13-17/h16-18,21H,1-15,19-20H2. The van der Waals surface area contributed by atoms with Crippen LogP contribution in [0.4, 0.5) is 0 Å². The Labute approximate surface area is 139 Å². The van der Waals surface area contributed by atoms with Crippen LogP contribution in [0, 0.1) is 0 Å². The molecular weight excluding hydrogens is 300 g/mol. The third-order valence-corrected chi connectivity index (χ3v) is 30.8. The normalized spacial score (nSPS) is 29.7. The van der Waals surface area contributed by atoms with Gasteiger partial charge in [-0.15, -0.1) is 0 Å². The molecule has 0 spiro atoms. The number of hydrogen-bond donors (Lipinski definition) is 0. The fourth-order valence-electron chi connectivity index (χ4n) is 5.79. The van der Waals surface area contributed by atoms with Crippen molar-refractivity contribution >= 4 is 25.9 Å². The summed E-state index contributed by atoms with van der Waals surface area (Å²) in [6.07, 6.45) is 24.5. The van der Waals surface area contributed by atoms with E-state index in [9.17, 15) is 0 Å². The first-order valence-corrected chi connectivity index (χ1v) is 19.2. The molecule has 0 aromatic carbocycles. The van der Waals surface area contributed by atoms with Crippen molar-refractivity contribution in [3.63, 3.8) is 0 Å². The van der Waals surface area contributed by atoms with Gasteiger partial charge in [0, 0.05) is 25.9 Å². The molecule has 122 valence electrons. The van der Waals surface area contributed by atoms with E-state index in [0.717, 1.165) is 0 Å². The first-order chi connectivity index (χ1) is 10.4. The maximum Gasteiger partial charge on any atom is 0.0172 e. The van der Waals surface area contributed by atoms with Crippen LogP contribution in [0.25, 0.3) is 0 Å². The van der Waals surface area contributed by atoms with Gasteiger partial charge in [0.2, 0.25) is 0 Å². The van der Waals surface area contributed by atoms with Crippen LogP contribution in [0.15, 0.2) is 0 Å². The highest BCUT2D eigenvalue weighted by molar-refractivity contribution is 7.40. The highest BCUT2D eigenvalue weighted by Gasteiger charge is 2.31. The van der Waals surface area contributed by atoms with Crippen molar-refractivity contribution in [1.29, 1.82) is 0 Å². The average molecular weight is 339 g/mol. The van der Waals surface area contributed by atoms with Gasteiger partial charge in [0.05, 0.1) is 0 Å². The summed E-state index contributed by atoms with van der Waals surface area (Å²) in [4.78, 5) is 0. The molecule has 3 fully saturated rings. The highest BCUT2D eigenvalue weighted by atomic mass is 29.6. The second kappa shape index (κ2) is 9.07. The smallest absolute Gasteiger partial charge is 0.0172 e. The van der Waals surface area contributed by atoms with E-state index in [0.29, 0.717) is 18.1 Å². The molecule has 3 rings (SSSR count). The lowest BCUT2D eigenvalue weighted by molar-refractivity contribution is 0.492. The SMILES string of the molecule is C1CCC([SiH2][SiH]([SiH2]C2CCCCC2)C2CCCCC2)CC1. The van der Waals surface area contributed by atoms with Gasteiger partial charge in [-0.3, -0.25) is 0 Å². The van der Waals surface area contributed by atoms with Crippen LogP contribution in [0.1, 0.15) is 96.3 Å². The Morgan fingerprint density at radius 2 is 0.857 bits per heavy atom. The molecule has 0 N–H and O–H groups in total. The van der Waals surface area contributed by atoms with Crippen molar-refractivity contribution in [1.82, 2.24) is 0 Å². The lowest BCUT2D eigenvalue weighted by Gasteiger charge is -2.35. The quantitative estimate of drug-likeness (QED) is 0.652. The van der Waals surface area contributed by atoms with E-state index >= 15 is 0 Å². The average Bonchev–Trinajstić information content (AvgIpc) is 2.57. The molecular formula is C18H38Si3. The van der Waals surface area contributed by atoms with Gasteiger partial charge < -0.3 is 0 Å². The molecule has 0 unspecified atom stereocenters. The van der Waals surface area contributed by atoms with Crippen LogP contribution in [0.3, 0.4) is 0 Å². The van der Waals surface area contributed by atoms with Gasteiger partial charge >= 0.3 is 0 Å². The van der Waals surface area contributed by atoms with E-state index in [1.165, 1.54) is 16.6 Å². The Morgan fingerprint density at radius 1 is 0.476 bits per heavy atom. The Balaban J connectivity index is 1.55. The van der Waals surface area contributed by atoms with E-state index in [1.807, 2.05) is 0 Å². The predicted octanol–water partition coefficient (Wildman–Crippen LogP) is 4.38. The minimum absolute atomic E-state index is 0.184. The van der Waals surface area contributed by atoms with Crippen molar-refractivity contribution in [2.24, 2.45) is 0 Å². The second-order valence-electron chi connectivity index (χ2n) is 8.64. The molecule has 3 aliphatic carbocycles. The zero-order valence-electron chi connectivity index (χ0n) is 14.3. The van der Waals surface area contributed by atoms with Crippen LogP contribution in [0.2, 0.25) is 16.6 Å². The lowest BCUT2D eigenvalue weighted by Crippen LogP contribution is -2.41. The van der Waals surface area contributed by atoms with E-state index in [1.54, 1.807) is 96.3 Å². The zero-order valence-corrected chi connectivity index (χ0v) is 18.3. The van der Waals surface area contributed by atoms with Gasteiger partial charge in [-0.25, -0.2) is 0 Å². The van der Waals surface area contributed by atoms with Gasteiger partial charge in [-0.1, -0.05) is 113 Å². The summed E-state index contributed by atoms with van der Waals surface area (Å²) in [5.74, 6) is 0. The zero-order chi connectivity index (χ0) is 14.3. The van der Waals surface area contributed by atoms with Crippen molar-refractivity contribution in [2.45, 2.75) is 113 Å². The van der Waals surface area contributed by atoms with Crippen molar-refractivity contribution in [3.8, 4) is 0 Å². The summed E-state index contributed by atoms with van der Waals surface area (Å²) in [6.45, 7) is 0. The van der Waals surface area contributed by atoms with Gasteiger partial charge in [-0.05, 0) is 0 Å². The first-order valence-electron chi connectivity index (χ1n) is 10.4. The molecule has 3 aliphatic rings. The maximum absolute atomic E-state index is 1.70. The largest absolute Gasteiger partial charge is 0.0539 e. The highest BCUT2D eigenvalue weighted by Crippen LogP contribution is 2.37. The topological polar surface area (TPSA) is 0 Å². The number of rotatable bonds is 5. The molecule has 0 atom stereocenters. The van der Waals surface area contributed by atoms with Crippen LogP contribution >= 0.6 is 0 Å². The molecule has 0 radical (unpaired) electrons. The molecule has 0 aliphatic heterocycles. The lowest BCUT2D eigenvalue weighted by atomic mass is 10.0. The summed E-state index contributed by atoms with van der Waals surface area (Å²) >= 11 is 0. The van der Waals surface area contributed by atoms with E-state index in [-0.39, 0.29) is 7.83 Å².